The fourth-order valence-corrected chi connectivity index (χ4v) is 5.00. The first-order valence-corrected chi connectivity index (χ1v) is 11.1. The Bertz CT molecular complexity index is 1140. The predicted molar refractivity (Wildman–Crippen MR) is 110 cm³/mol. The van der Waals surface area contributed by atoms with Gasteiger partial charge in [-0.25, -0.2) is 13.4 Å². The number of fused-ring (bicyclic) bond motifs is 1. The lowest BCUT2D eigenvalue weighted by molar-refractivity contribution is 0.0946. The van der Waals surface area contributed by atoms with Gasteiger partial charge in [-0.3, -0.25) is 9.78 Å². The van der Waals surface area contributed by atoms with Crippen molar-refractivity contribution in [2.75, 3.05) is 13.1 Å². The van der Waals surface area contributed by atoms with Gasteiger partial charge >= 0.3 is 0 Å². The van der Waals surface area contributed by atoms with Crippen molar-refractivity contribution in [2.24, 2.45) is 0 Å². The Balaban J connectivity index is 1.47. The molecule has 2 heterocycles. The van der Waals surface area contributed by atoms with Gasteiger partial charge in [0.1, 0.15) is 5.69 Å². The van der Waals surface area contributed by atoms with E-state index in [1.54, 1.807) is 34.6 Å². The van der Waals surface area contributed by atoms with Crippen LogP contribution in [-0.2, 0) is 16.6 Å². The van der Waals surface area contributed by atoms with Gasteiger partial charge in [0.15, 0.2) is 0 Å². The van der Waals surface area contributed by atoms with Crippen LogP contribution in [0.5, 0.6) is 0 Å². The van der Waals surface area contributed by atoms with Gasteiger partial charge in [0.2, 0.25) is 10.0 Å². The fourth-order valence-electron chi connectivity index (χ4n) is 3.41. The molecule has 7 nitrogen and oxygen atoms in total. The van der Waals surface area contributed by atoms with Crippen LogP contribution in [0.1, 0.15) is 35.3 Å². The maximum Gasteiger partial charge on any atom is 0.271 e. The van der Waals surface area contributed by atoms with Crippen molar-refractivity contribution in [2.45, 2.75) is 30.7 Å². The van der Waals surface area contributed by atoms with E-state index in [1.807, 2.05) is 18.2 Å². The zero-order chi connectivity index (χ0) is 20.3. The molecule has 150 valence electrons. The molecule has 1 aliphatic heterocycles. The van der Waals surface area contributed by atoms with Crippen molar-refractivity contribution < 1.29 is 13.2 Å². The van der Waals surface area contributed by atoms with Gasteiger partial charge in [-0.05, 0) is 42.7 Å². The molecule has 1 N–H and O–H groups in total. The van der Waals surface area contributed by atoms with Crippen LogP contribution < -0.4 is 5.32 Å². The first-order valence-electron chi connectivity index (χ1n) is 9.63. The van der Waals surface area contributed by atoms with Crippen molar-refractivity contribution >= 4 is 27.0 Å². The summed E-state index contributed by atoms with van der Waals surface area (Å²) >= 11 is 0. The minimum atomic E-state index is -3.50. The molecule has 3 aromatic rings. The Morgan fingerprint density at radius 1 is 1.00 bits per heavy atom. The van der Waals surface area contributed by atoms with Gasteiger partial charge in [-0.15, -0.1) is 0 Å². The molecule has 2 aromatic carbocycles. The van der Waals surface area contributed by atoms with E-state index in [4.69, 9.17) is 0 Å². The number of hydrogen-bond acceptors (Lipinski definition) is 5. The van der Waals surface area contributed by atoms with E-state index in [0.717, 1.165) is 24.8 Å². The van der Waals surface area contributed by atoms with Crippen molar-refractivity contribution in [3.05, 3.63) is 66.0 Å². The molecule has 0 bridgehead atoms. The average molecular weight is 410 g/mol. The lowest BCUT2D eigenvalue weighted by Gasteiger charge is -2.26. The molecule has 8 heteroatoms. The minimum absolute atomic E-state index is 0.205. The second-order valence-electron chi connectivity index (χ2n) is 7.04. The highest BCUT2D eigenvalue weighted by molar-refractivity contribution is 7.89. The number of rotatable bonds is 5. The number of para-hydroxylation sites is 2. The van der Waals surface area contributed by atoms with E-state index in [9.17, 15) is 13.2 Å². The topological polar surface area (TPSA) is 92.3 Å². The lowest BCUT2D eigenvalue weighted by Crippen LogP contribution is -2.35. The normalized spacial score (nSPS) is 15.3. The van der Waals surface area contributed by atoms with Crippen LogP contribution in [0.4, 0.5) is 0 Å². The standard InChI is InChI=1S/C21H22N4O3S/c26-21(20-15-22-18-9-2-3-10-19(18)24-20)23-14-16-7-6-8-17(13-16)29(27,28)25-11-4-1-5-12-25/h2-3,6-10,13,15H,1,4-5,11-12,14H2,(H,23,26). The Labute approximate surface area is 169 Å². The molecule has 0 unspecified atom stereocenters. The molecule has 1 aromatic heterocycles. The monoisotopic (exact) mass is 410 g/mol. The number of sulfonamides is 1. The molecular weight excluding hydrogens is 388 g/mol. The number of piperidine rings is 1. The third-order valence-corrected chi connectivity index (χ3v) is 6.88. The van der Waals surface area contributed by atoms with Gasteiger partial charge < -0.3 is 5.32 Å². The molecule has 0 saturated carbocycles. The zero-order valence-corrected chi connectivity index (χ0v) is 16.7. The number of carbonyl (C=O) groups excluding carboxylic acids is 1. The summed E-state index contributed by atoms with van der Waals surface area (Å²) in [5, 5.41) is 2.79. The SMILES string of the molecule is O=C(NCc1cccc(S(=O)(=O)N2CCCCC2)c1)c1cnc2ccccc2n1. The van der Waals surface area contributed by atoms with Crippen molar-refractivity contribution in [3.8, 4) is 0 Å². The summed E-state index contributed by atoms with van der Waals surface area (Å²) in [6.45, 7) is 1.32. The quantitative estimate of drug-likeness (QED) is 0.698. The Kier molecular flexibility index (Phi) is 5.55. The Morgan fingerprint density at radius 3 is 2.55 bits per heavy atom. The van der Waals surface area contributed by atoms with E-state index < -0.39 is 10.0 Å². The first kappa shape index (κ1) is 19.5. The number of aromatic nitrogens is 2. The van der Waals surface area contributed by atoms with E-state index in [2.05, 4.69) is 15.3 Å². The van der Waals surface area contributed by atoms with E-state index in [0.29, 0.717) is 24.2 Å². The second-order valence-corrected chi connectivity index (χ2v) is 8.98. The molecule has 1 fully saturated rings. The summed E-state index contributed by atoms with van der Waals surface area (Å²) < 4.78 is 27.2. The highest BCUT2D eigenvalue weighted by atomic mass is 32.2. The molecule has 0 spiro atoms. The minimum Gasteiger partial charge on any atom is -0.347 e. The van der Waals surface area contributed by atoms with Gasteiger partial charge in [0.25, 0.3) is 5.91 Å². The van der Waals surface area contributed by atoms with Gasteiger partial charge in [-0.2, -0.15) is 4.31 Å². The number of hydrogen-bond donors (Lipinski definition) is 1. The fraction of sp³-hybridized carbons (Fsp3) is 0.286. The highest BCUT2D eigenvalue weighted by Gasteiger charge is 2.26. The predicted octanol–water partition coefficient (Wildman–Crippen LogP) is 2.73. The van der Waals surface area contributed by atoms with E-state index in [-0.39, 0.29) is 23.0 Å². The van der Waals surface area contributed by atoms with Crippen LogP contribution >= 0.6 is 0 Å². The number of nitrogens with zero attached hydrogens (tertiary/aromatic N) is 3. The van der Waals surface area contributed by atoms with Gasteiger partial charge in [0.05, 0.1) is 22.1 Å². The highest BCUT2D eigenvalue weighted by Crippen LogP contribution is 2.21. The molecule has 0 aliphatic carbocycles. The summed E-state index contributed by atoms with van der Waals surface area (Å²) in [7, 11) is -3.50. The summed E-state index contributed by atoms with van der Waals surface area (Å²) in [5.41, 5.74) is 2.31. The third-order valence-electron chi connectivity index (χ3n) is 4.99. The van der Waals surface area contributed by atoms with Gasteiger partial charge in [0, 0.05) is 19.6 Å². The molecule has 0 radical (unpaired) electrons. The van der Waals surface area contributed by atoms with Crippen LogP contribution in [0.2, 0.25) is 0 Å². The third kappa shape index (κ3) is 4.28. The molecule has 1 saturated heterocycles. The van der Waals surface area contributed by atoms with Crippen LogP contribution in [0.25, 0.3) is 11.0 Å². The van der Waals surface area contributed by atoms with E-state index in [1.165, 1.54) is 6.20 Å². The lowest BCUT2D eigenvalue weighted by atomic mass is 10.2. The van der Waals surface area contributed by atoms with Crippen LogP contribution in [0, 0.1) is 0 Å². The van der Waals surface area contributed by atoms with Crippen LogP contribution in [0.3, 0.4) is 0 Å². The van der Waals surface area contributed by atoms with Gasteiger partial charge in [-0.1, -0.05) is 30.7 Å². The second kappa shape index (κ2) is 8.26. The Morgan fingerprint density at radius 2 is 1.76 bits per heavy atom. The molecule has 29 heavy (non-hydrogen) atoms. The van der Waals surface area contributed by atoms with Crippen molar-refractivity contribution in [1.82, 2.24) is 19.6 Å². The molecular formula is C21H22N4O3S. The maximum absolute atomic E-state index is 12.8. The van der Waals surface area contributed by atoms with Crippen molar-refractivity contribution in [1.29, 1.82) is 0 Å². The maximum atomic E-state index is 12.8. The largest absolute Gasteiger partial charge is 0.347 e. The molecule has 4 rings (SSSR count). The molecule has 1 amide bonds. The van der Waals surface area contributed by atoms with Crippen LogP contribution in [-0.4, -0.2) is 41.7 Å². The summed E-state index contributed by atoms with van der Waals surface area (Å²) in [4.78, 5) is 21.3. The number of benzene rings is 2. The number of amides is 1. The number of carbonyl (C=O) groups is 1. The first-order chi connectivity index (χ1) is 14.0. The van der Waals surface area contributed by atoms with E-state index >= 15 is 0 Å². The van der Waals surface area contributed by atoms with Crippen LogP contribution in [0.15, 0.2) is 59.6 Å². The average Bonchev–Trinajstić information content (AvgIpc) is 2.78. The zero-order valence-electron chi connectivity index (χ0n) is 15.9. The number of nitrogens with one attached hydrogen (secondary N) is 1. The van der Waals surface area contributed by atoms with Crippen molar-refractivity contribution in [3.63, 3.8) is 0 Å². The summed E-state index contributed by atoms with van der Waals surface area (Å²) in [5.74, 6) is -0.354. The smallest absolute Gasteiger partial charge is 0.271 e. The molecule has 0 atom stereocenters. The summed E-state index contributed by atoms with van der Waals surface area (Å²) in [6.07, 6.45) is 4.29. The summed E-state index contributed by atoms with van der Waals surface area (Å²) in [6, 6.07) is 14.1. The Hall–Kier alpha value is -2.84. The molecule has 1 aliphatic rings.